The van der Waals surface area contributed by atoms with E-state index in [4.69, 9.17) is 17.2 Å². The van der Waals surface area contributed by atoms with Crippen LogP contribution in [0.3, 0.4) is 0 Å². The summed E-state index contributed by atoms with van der Waals surface area (Å²) < 4.78 is 0. The normalized spacial score (nSPS) is 14.4. The molecular formula is C28H39N7O7. The Hall–Kier alpha value is -4.69. The van der Waals surface area contributed by atoms with Crippen molar-refractivity contribution in [2.45, 2.75) is 62.9 Å². The summed E-state index contributed by atoms with van der Waals surface area (Å²) in [5.74, 6) is -3.71. The number of aromatic hydroxyl groups is 1. The second-order valence-electron chi connectivity index (χ2n) is 9.80. The molecule has 0 aliphatic heterocycles. The van der Waals surface area contributed by atoms with Crippen molar-refractivity contribution >= 4 is 29.7 Å². The summed E-state index contributed by atoms with van der Waals surface area (Å²) in [6.45, 7) is 1.39. The summed E-state index contributed by atoms with van der Waals surface area (Å²) in [6, 6.07) is 9.84. The number of phenols is 1. The first kappa shape index (κ1) is 33.5. The number of carbonyl (C=O) groups is 4. The van der Waals surface area contributed by atoms with Crippen molar-refractivity contribution in [3.05, 3.63) is 65.7 Å². The molecule has 5 unspecified atom stereocenters. The van der Waals surface area contributed by atoms with Crippen LogP contribution in [-0.4, -0.2) is 81.8 Å². The van der Waals surface area contributed by atoms with E-state index >= 15 is 0 Å². The number of aliphatic hydroxyl groups is 1. The Morgan fingerprint density at radius 3 is 1.98 bits per heavy atom. The number of benzene rings is 2. The van der Waals surface area contributed by atoms with Gasteiger partial charge in [0, 0.05) is 13.0 Å². The fraction of sp³-hybridized carbons (Fsp3) is 0.393. The van der Waals surface area contributed by atoms with E-state index in [1.807, 2.05) is 0 Å². The molecule has 2 aromatic rings. The highest BCUT2D eigenvalue weighted by Gasteiger charge is 2.32. The third kappa shape index (κ3) is 11.4. The van der Waals surface area contributed by atoms with Crippen LogP contribution in [-0.2, 0) is 32.0 Å². The topological polar surface area (TPSA) is 255 Å². The summed E-state index contributed by atoms with van der Waals surface area (Å²) in [4.78, 5) is 55.0. The van der Waals surface area contributed by atoms with Crippen LogP contribution in [0, 0.1) is 0 Å². The van der Waals surface area contributed by atoms with Gasteiger partial charge in [-0.2, -0.15) is 0 Å². The van der Waals surface area contributed by atoms with Crippen LogP contribution < -0.4 is 33.2 Å². The van der Waals surface area contributed by atoms with E-state index in [0.29, 0.717) is 17.5 Å². The van der Waals surface area contributed by atoms with Gasteiger partial charge >= 0.3 is 5.97 Å². The van der Waals surface area contributed by atoms with E-state index < -0.39 is 54.0 Å². The number of phenolic OH excluding ortho intramolecular Hbond substituents is 1. The van der Waals surface area contributed by atoms with Gasteiger partial charge in [0.15, 0.2) is 12.0 Å². The third-order valence-corrected chi connectivity index (χ3v) is 6.27. The van der Waals surface area contributed by atoms with Crippen molar-refractivity contribution in [3.63, 3.8) is 0 Å². The van der Waals surface area contributed by atoms with Crippen LogP contribution in [0.5, 0.6) is 5.75 Å². The Labute approximate surface area is 243 Å². The molecule has 0 spiro atoms. The summed E-state index contributed by atoms with van der Waals surface area (Å²) in [7, 11) is 0. The van der Waals surface area contributed by atoms with E-state index in [-0.39, 0.29) is 37.5 Å². The van der Waals surface area contributed by atoms with Gasteiger partial charge in [0.1, 0.15) is 17.8 Å². The molecule has 0 saturated heterocycles. The number of rotatable bonds is 16. The Balaban J connectivity index is 2.24. The number of nitrogens with two attached hydrogens (primary N) is 3. The quantitative estimate of drug-likeness (QED) is 0.0624. The Kier molecular flexibility index (Phi) is 13.2. The van der Waals surface area contributed by atoms with Crippen molar-refractivity contribution in [1.29, 1.82) is 0 Å². The number of carboxylic acids is 1. The molecule has 0 fully saturated rings. The monoisotopic (exact) mass is 585 g/mol. The summed E-state index contributed by atoms with van der Waals surface area (Å²) in [6.07, 6.45) is -0.895. The fourth-order valence-electron chi connectivity index (χ4n) is 4.00. The maximum absolute atomic E-state index is 13.5. The molecule has 2 rings (SSSR count). The van der Waals surface area contributed by atoms with Crippen molar-refractivity contribution < 1.29 is 34.5 Å². The number of aliphatic imine (C=N–C) groups is 1. The predicted octanol–water partition coefficient (Wildman–Crippen LogP) is -1.52. The molecule has 42 heavy (non-hydrogen) atoms. The molecule has 14 heteroatoms. The Morgan fingerprint density at radius 2 is 1.40 bits per heavy atom. The Morgan fingerprint density at radius 1 is 0.833 bits per heavy atom. The molecule has 0 aliphatic rings. The molecule has 2 aromatic carbocycles. The van der Waals surface area contributed by atoms with Crippen molar-refractivity contribution in [2.24, 2.45) is 22.2 Å². The molecule has 0 heterocycles. The molecule has 5 atom stereocenters. The van der Waals surface area contributed by atoms with Gasteiger partial charge in [0.05, 0.1) is 12.1 Å². The number of hydrogen-bond acceptors (Lipinski definition) is 8. The average molecular weight is 586 g/mol. The summed E-state index contributed by atoms with van der Waals surface area (Å²) >= 11 is 0. The molecule has 228 valence electrons. The molecule has 0 radical (unpaired) electrons. The van der Waals surface area contributed by atoms with Crippen LogP contribution in [0.15, 0.2) is 59.6 Å². The van der Waals surface area contributed by atoms with Crippen LogP contribution >= 0.6 is 0 Å². The van der Waals surface area contributed by atoms with Crippen LogP contribution in [0.1, 0.15) is 30.9 Å². The van der Waals surface area contributed by atoms with Gasteiger partial charge in [-0.15, -0.1) is 0 Å². The van der Waals surface area contributed by atoms with Crippen LogP contribution in [0.4, 0.5) is 0 Å². The summed E-state index contributed by atoms with van der Waals surface area (Å²) in [5, 5.41) is 36.2. The fourth-order valence-corrected chi connectivity index (χ4v) is 4.00. The van der Waals surface area contributed by atoms with Gasteiger partial charge in [-0.25, -0.2) is 4.79 Å². The zero-order valence-corrected chi connectivity index (χ0v) is 23.3. The number of carboxylic acid groups (broad SMARTS) is 1. The average Bonchev–Trinajstić information content (AvgIpc) is 2.93. The van der Waals surface area contributed by atoms with Gasteiger partial charge in [-0.05, 0) is 49.4 Å². The number of carbonyl (C=O) groups excluding carboxylic acids is 3. The van der Waals surface area contributed by atoms with Crippen molar-refractivity contribution in [2.75, 3.05) is 6.54 Å². The number of nitrogens with zero attached hydrogens (tertiary/aromatic N) is 1. The largest absolute Gasteiger partial charge is 0.508 e. The van der Waals surface area contributed by atoms with Crippen LogP contribution in [0.25, 0.3) is 0 Å². The lowest BCUT2D eigenvalue weighted by atomic mass is 10.0. The minimum atomic E-state index is -1.61. The second-order valence-corrected chi connectivity index (χ2v) is 9.80. The number of hydrogen-bond donors (Lipinski definition) is 9. The zero-order chi connectivity index (χ0) is 31.2. The molecule has 12 N–H and O–H groups in total. The lowest BCUT2D eigenvalue weighted by Gasteiger charge is -2.26. The molecule has 0 aliphatic carbocycles. The van der Waals surface area contributed by atoms with Crippen LogP contribution in [0.2, 0.25) is 0 Å². The molecule has 3 amide bonds. The third-order valence-electron chi connectivity index (χ3n) is 6.27. The van der Waals surface area contributed by atoms with E-state index in [9.17, 15) is 34.5 Å². The van der Waals surface area contributed by atoms with Crippen molar-refractivity contribution in [1.82, 2.24) is 16.0 Å². The molecule has 0 aromatic heterocycles. The minimum absolute atomic E-state index is 0.000402. The molecule has 14 nitrogen and oxygen atoms in total. The molecule has 0 bridgehead atoms. The number of guanidine groups is 1. The predicted molar refractivity (Wildman–Crippen MR) is 155 cm³/mol. The van der Waals surface area contributed by atoms with Gasteiger partial charge in [0.25, 0.3) is 0 Å². The van der Waals surface area contributed by atoms with Gasteiger partial charge < -0.3 is 48.5 Å². The molecule has 0 saturated carbocycles. The highest BCUT2D eigenvalue weighted by Crippen LogP contribution is 2.12. The van der Waals surface area contributed by atoms with Crippen molar-refractivity contribution in [3.8, 4) is 5.75 Å². The lowest BCUT2D eigenvalue weighted by molar-refractivity contribution is -0.145. The number of nitrogens with one attached hydrogen (secondary N) is 3. The summed E-state index contributed by atoms with van der Waals surface area (Å²) in [5.41, 5.74) is 18.2. The number of aliphatic carboxylic acids is 1. The van der Waals surface area contributed by atoms with E-state index in [2.05, 4.69) is 20.9 Å². The first-order valence-corrected chi connectivity index (χ1v) is 13.3. The first-order chi connectivity index (χ1) is 19.9. The van der Waals surface area contributed by atoms with Gasteiger partial charge in [-0.3, -0.25) is 19.4 Å². The maximum Gasteiger partial charge on any atom is 0.328 e. The van der Waals surface area contributed by atoms with E-state index in [1.54, 1.807) is 42.5 Å². The van der Waals surface area contributed by atoms with Gasteiger partial charge in [0.2, 0.25) is 17.7 Å². The first-order valence-electron chi connectivity index (χ1n) is 13.3. The van der Waals surface area contributed by atoms with E-state index in [0.717, 1.165) is 0 Å². The molecular weight excluding hydrogens is 546 g/mol. The maximum atomic E-state index is 13.5. The lowest BCUT2D eigenvalue weighted by Crippen LogP contribution is -2.58. The Bertz CT molecular complexity index is 1220. The standard InChI is InChI=1S/C28H39N7O7/c1-16(36)23(27(41)42)35-26(40)22(15-17-6-3-2-4-7-17)34-25(39)21(8-5-13-32-28(30)31)33-24(38)20(29)14-18-9-11-19(37)12-10-18/h2-4,6-7,9-12,16,20-23,36-37H,5,8,13-15,29H2,1H3,(H,33,38)(H,34,39)(H,35,40)(H,41,42)(H4,30,31,32). The van der Waals surface area contributed by atoms with Gasteiger partial charge in [-0.1, -0.05) is 42.5 Å². The second kappa shape index (κ2) is 16.5. The SMILES string of the molecule is CC(O)C(NC(=O)C(Cc1ccccc1)NC(=O)C(CCCN=C(N)N)NC(=O)C(N)Cc1ccc(O)cc1)C(=O)O. The zero-order valence-electron chi connectivity index (χ0n) is 23.3. The smallest absolute Gasteiger partial charge is 0.328 e. The number of amides is 3. The highest BCUT2D eigenvalue weighted by molar-refractivity contribution is 5.94. The highest BCUT2D eigenvalue weighted by atomic mass is 16.4. The van der Waals surface area contributed by atoms with E-state index in [1.165, 1.54) is 19.1 Å². The number of aliphatic hydroxyl groups excluding tert-OH is 1. The minimum Gasteiger partial charge on any atom is -0.508 e.